The Morgan fingerprint density at radius 3 is 2.68 bits per heavy atom. The summed E-state index contributed by atoms with van der Waals surface area (Å²) in [6.07, 6.45) is 8.07. The van der Waals surface area contributed by atoms with Gasteiger partial charge in [-0.25, -0.2) is 0 Å². The lowest BCUT2D eigenvalue weighted by Crippen LogP contribution is -2.36. The van der Waals surface area contributed by atoms with Crippen LogP contribution in [0.4, 0.5) is 0 Å². The van der Waals surface area contributed by atoms with Gasteiger partial charge in [0, 0.05) is 0 Å². The first-order chi connectivity index (χ1) is 9.32. The van der Waals surface area contributed by atoms with Crippen LogP contribution in [0.25, 0.3) is 0 Å². The van der Waals surface area contributed by atoms with Crippen LogP contribution in [0.2, 0.25) is 0 Å². The molecule has 2 bridgehead atoms. The van der Waals surface area contributed by atoms with Gasteiger partial charge in [-0.3, -0.25) is 0 Å². The molecule has 2 heteroatoms. The minimum absolute atomic E-state index is 0.447. The van der Waals surface area contributed by atoms with Crippen molar-refractivity contribution in [1.82, 2.24) is 0 Å². The first-order valence-electron chi connectivity index (χ1n) is 7.70. The van der Waals surface area contributed by atoms with Crippen LogP contribution in [0.5, 0.6) is 5.75 Å². The Kier molecular flexibility index (Phi) is 3.79. The van der Waals surface area contributed by atoms with E-state index in [1.807, 2.05) is 30.3 Å². The van der Waals surface area contributed by atoms with E-state index in [0.29, 0.717) is 5.41 Å². The molecule has 2 fully saturated rings. The number of nitrogens with two attached hydrogens (primary N) is 1. The maximum absolute atomic E-state index is 6.11. The van der Waals surface area contributed by atoms with E-state index in [2.05, 4.69) is 0 Å². The second-order valence-electron chi connectivity index (χ2n) is 6.41. The van der Waals surface area contributed by atoms with Gasteiger partial charge in [0.15, 0.2) is 0 Å². The van der Waals surface area contributed by atoms with Crippen LogP contribution in [0, 0.1) is 17.3 Å². The quantitative estimate of drug-likeness (QED) is 0.792. The van der Waals surface area contributed by atoms with E-state index in [1.165, 1.54) is 32.1 Å². The van der Waals surface area contributed by atoms with E-state index in [0.717, 1.165) is 37.2 Å². The van der Waals surface area contributed by atoms with Gasteiger partial charge in [0.05, 0.1) is 6.61 Å². The minimum Gasteiger partial charge on any atom is -0.494 e. The molecule has 3 rings (SSSR count). The summed E-state index contributed by atoms with van der Waals surface area (Å²) < 4.78 is 5.79. The standard InChI is InChI=1S/C17H25NO/c18-13-17(12-14-7-8-15(17)11-14)9-4-10-19-16-5-2-1-3-6-16/h1-3,5-6,14-15H,4,7-13,18H2. The van der Waals surface area contributed by atoms with Crippen LogP contribution in [-0.2, 0) is 0 Å². The van der Waals surface area contributed by atoms with E-state index in [1.54, 1.807) is 0 Å². The van der Waals surface area contributed by atoms with E-state index in [-0.39, 0.29) is 0 Å². The molecule has 2 aliphatic rings. The molecular formula is C17H25NO. The highest BCUT2D eigenvalue weighted by molar-refractivity contribution is 5.20. The van der Waals surface area contributed by atoms with Gasteiger partial charge in [-0.1, -0.05) is 24.6 Å². The van der Waals surface area contributed by atoms with Crippen molar-refractivity contribution >= 4 is 0 Å². The van der Waals surface area contributed by atoms with Gasteiger partial charge in [0.2, 0.25) is 0 Å². The van der Waals surface area contributed by atoms with E-state index in [9.17, 15) is 0 Å². The Bertz CT molecular complexity index is 405. The maximum Gasteiger partial charge on any atom is 0.119 e. The number of para-hydroxylation sites is 1. The largest absolute Gasteiger partial charge is 0.494 e. The van der Waals surface area contributed by atoms with Crippen molar-refractivity contribution in [2.75, 3.05) is 13.2 Å². The molecule has 2 N–H and O–H groups in total. The summed E-state index contributed by atoms with van der Waals surface area (Å²) >= 11 is 0. The van der Waals surface area contributed by atoms with Gasteiger partial charge in [-0.15, -0.1) is 0 Å². The van der Waals surface area contributed by atoms with Crippen LogP contribution < -0.4 is 10.5 Å². The van der Waals surface area contributed by atoms with Crippen LogP contribution in [0.3, 0.4) is 0 Å². The molecular weight excluding hydrogens is 234 g/mol. The van der Waals surface area contributed by atoms with Gasteiger partial charge in [-0.05, 0) is 68.0 Å². The zero-order valence-electron chi connectivity index (χ0n) is 11.7. The van der Waals surface area contributed by atoms with Crippen molar-refractivity contribution in [2.45, 2.75) is 38.5 Å². The molecule has 0 saturated heterocycles. The van der Waals surface area contributed by atoms with Gasteiger partial charge < -0.3 is 10.5 Å². The number of benzene rings is 1. The Hall–Kier alpha value is -1.02. The van der Waals surface area contributed by atoms with Gasteiger partial charge in [-0.2, -0.15) is 0 Å². The van der Waals surface area contributed by atoms with E-state index < -0.39 is 0 Å². The highest BCUT2D eigenvalue weighted by atomic mass is 16.5. The zero-order chi connectivity index (χ0) is 13.1. The van der Waals surface area contributed by atoms with E-state index in [4.69, 9.17) is 10.5 Å². The summed E-state index contributed by atoms with van der Waals surface area (Å²) in [6, 6.07) is 10.1. The number of rotatable bonds is 6. The van der Waals surface area contributed by atoms with Gasteiger partial charge in [0.25, 0.3) is 0 Å². The molecule has 3 unspecified atom stereocenters. The second kappa shape index (κ2) is 5.54. The van der Waals surface area contributed by atoms with Crippen molar-refractivity contribution < 1.29 is 4.74 Å². The summed E-state index contributed by atoms with van der Waals surface area (Å²) in [4.78, 5) is 0. The highest BCUT2D eigenvalue weighted by Crippen LogP contribution is 2.57. The Balaban J connectivity index is 1.47. The van der Waals surface area contributed by atoms with Crippen LogP contribution in [0.1, 0.15) is 38.5 Å². The van der Waals surface area contributed by atoms with Crippen molar-refractivity contribution in [3.63, 3.8) is 0 Å². The monoisotopic (exact) mass is 259 g/mol. The summed E-state index contributed by atoms with van der Waals surface area (Å²) in [6.45, 7) is 1.70. The summed E-state index contributed by atoms with van der Waals surface area (Å²) in [5.41, 5.74) is 6.56. The summed E-state index contributed by atoms with van der Waals surface area (Å²) in [5.74, 6) is 2.86. The Labute approximate surface area is 116 Å². The summed E-state index contributed by atoms with van der Waals surface area (Å²) in [7, 11) is 0. The Morgan fingerprint density at radius 1 is 1.21 bits per heavy atom. The van der Waals surface area contributed by atoms with Gasteiger partial charge >= 0.3 is 0 Å². The third-order valence-electron chi connectivity index (χ3n) is 5.34. The van der Waals surface area contributed by atoms with Gasteiger partial charge in [0.1, 0.15) is 5.75 Å². The second-order valence-corrected chi connectivity index (χ2v) is 6.41. The zero-order valence-corrected chi connectivity index (χ0v) is 11.7. The molecule has 0 spiro atoms. The molecule has 2 nitrogen and oxygen atoms in total. The Morgan fingerprint density at radius 2 is 2.05 bits per heavy atom. The van der Waals surface area contributed by atoms with Crippen molar-refractivity contribution in [3.05, 3.63) is 30.3 Å². The van der Waals surface area contributed by atoms with Crippen LogP contribution in [-0.4, -0.2) is 13.2 Å². The third-order valence-corrected chi connectivity index (χ3v) is 5.34. The smallest absolute Gasteiger partial charge is 0.119 e. The lowest BCUT2D eigenvalue weighted by molar-refractivity contribution is 0.142. The molecule has 1 aromatic carbocycles. The molecule has 3 atom stereocenters. The normalized spacial score (nSPS) is 32.7. The topological polar surface area (TPSA) is 35.2 Å². The molecule has 104 valence electrons. The highest BCUT2D eigenvalue weighted by Gasteiger charge is 2.49. The lowest BCUT2D eigenvalue weighted by atomic mass is 9.70. The molecule has 19 heavy (non-hydrogen) atoms. The third kappa shape index (κ3) is 2.64. The number of ether oxygens (including phenoxy) is 1. The molecule has 1 aromatic rings. The summed E-state index contributed by atoms with van der Waals surface area (Å²) in [5, 5.41) is 0. The first-order valence-corrected chi connectivity index (χ1v) is 7.70. The molecule has 0 amide bonds. The minimum atomic E-state index is 0.447. The van der Waals surface area contributed by atoms with Crippen LogP contribution >= 0.6 is 0 Å². The lowest BCUT2D eigenvalue weighted by Gasteiger charge is -2.37. The van der Waals surface area contributed by atoms with Crippen molar-refractivity contribution in [1.29, 1.82) is 0 Å². The van der Waals surface area contributed by atoms with Crippen molar-refractivity contribution in [3.8, 4) is 5.75 Å². The first kappa shape index (κ1) is 13.0. The maximum atomic E-state index is 6.11. The number of hydrogen-bond donors (Lipinski definition) is 1. The van der Waals surface area contributed by atoms with Crippen LogP contribution in [0.15, 0.2) is 30.3 Å². The average Bonchev–Trinajstić information content (AvgIpc) is 3.06. The molecule has 2 aliphatic carbocycles. The predicted octanol–water partition coefficient (Wildman–Crippen LogP) is 3.61. The predicted molar refractivity (Wildman–Crippen MR) is 78.1 cm³/mol. The molecule has 2 saturated carbocycles. The fourth-order valence-electron chi connectivity index (χ4n) is 4.35. The molecule has 0 aromatic heterocycles. The van der Waals surface area contributed by atoms with E-state index >= 15 is 0 Å². The molecule has 0 aliphatic heterocycles. The van der Waals surface area contributed by atoms with Crippen molar-refractivity contribution in [2.24, 2.45) is 23.0 Å². The SMILES string of the molecule is NCC1(CCCOc2ccccc2)CC2CCC1C2. The average molecular weight is 259 g/mol. The fraction of sp³-hybridized carbons (Fsp3) is 0.647. The number of fused-ring (bicyclic) bond motifs is 2. The number of hydrogen-bond acceptors (Lipinski definition) is 2. The molecule has 0 radical (unpaired) electrons. The fourth-order valence-corrected chi connectivity index (χ4v) is 4.35. The molecule has 0 heterocycles.